The molecule has 16 heavy (non-hydrogen) atoms. The smallest absolute Gasteiger partial charge is 0.410 e. The van der Waals surface area contributed by atoms with Gasteiger partial charge < -0.3 is 15.4 Å². The Bertz CT molecular complexity index is 419. The van der Waals surface area contributed by atoms with E-state index in [1.54, 1.807) is 11.9 Å². The van der Waals surface area contributed by atoms with E-state index >= 15 is 0 Å². The van der Waals surface area contributed by atoms with Gasteiger partial charge in [0.25, 0.3) is 0 Å². The zero-order valence-electron chi connectivity index (χ0n) is 9.56. The number of nitrogens with two attached hydrogens (primary N) is 1. The number of hydrogen-bond donors (Lipinski definition) is 1. The molecule has 1 aromatic rings. The van der Waals surface area contributed by atoms with Crippen LogP contribution < -0.4 is 5.73 Å². The first-order valence-electron chi connectivity index (χ1n) is 5.29. The number of hydrogen-bond acceptors (Lipinski definition) is 3. The van der Waals surface area contributed by atoms with Crippen LogP contribution in [0.1, 0.15) is 18.1 Å². The van der Waals surface area contributed by atoms with Crippen LogP contribution in [0.4, 0.5) is 4.79 Å². The summed E-state index contributed by atoms with van der Waals surface area (Å²) in [4.78, 5) is 13.0. The molecule has 1 unspecified atom stereocenters. The van der Waals surface area contributed by atoms with Crippen LogP contribution in [0.3, 0.4) is 0 Å². The van der Waals surface area contributed by atoms with Crippen molar-refractivity contribution in [1.29, 1.82) is 0 Å². The number of carbonyl (C=O) groups is 1. The largest absolute Gasteiger partial charge is 0.436 e. The maximum Gasteiger partial charge on any atom is 0.410 e. The van der Waals surface area contributed by atoms with Crippen LogP contribution in [0.5, 0.6) is 0 Å². The van der Waals surface area contributed by atoms with E-state index in [0.29, 0.717) is 13.1 Å². The van der Waals surface area contributed by atoms with Crippen LogP contribution in [-0.4, -0.2) is 24.6 Å². The van der Waals surface area contributed by atoms with E-state index in [-0.39, 0.29) is 6.09 Å². The molecule has 0 radical (unpaired) electrons. The summed E-state index contributed by atoms with van der Waals surface area (Å²) in [6, 6.07) is 7.86. The molecule has 1 fully saturated rings. The van der Waals surface area contributed by atoms with Crippen LogP contribution in [0.15, 0.2) is 24.3 Å². The Morgan fingerprint density at radius 3 is 2.88 bits per heavy atom. The summed E-state index contributed by atoms with van der Waals surface area (Å²) in [6.07, 6.45) is -0.277. The van der Waals surface area contributed by atoms with Crippen molar-refractivity contribution >= 4 is 6.09 Å². The standard InChI is InChI=1S/C12H16N2O2/c1-12(8-14(2)11(15)16-12)10-5-3-4-9(6-10)7-13/h3-6H,7-8,13H2,1-2H3. The lowest BCUT2D eigenvalue weighted by molar-refractivity contribution is 0.0701. The molecule has 2 rings (SSSR count). The minimum Gasteiger partial charge on any atom is -0.436 e. The lowest BCUT2D eigenvalue weighted by Gasteiger charge is -2.22. The molecule has 0 bridgehead atoms. The second-order valence-corrected chi connectivity index (χ2v) is 4.36. The Hall–Kier alpha value is -1.55. The highest BCUT2D eigenvalue weighted by Crippen LogP contribution is 2.32. The molecule has 1 heterocycles. The number of benzene rings is 1. The predicted molar refractivity (Wildman–Crippen MR) is 60.8 cm³/mol. The fourth-order valence-electron chi connectivity index (χ4n) is 2.00. The van der Waals surface area contributed by atoms with Crippen molar-refractivity contribution in [3.63, 3.8) is 0 Å². The second kappa shape index (κ2) is 3.79. The molecule has 1 aliphatic heterocycles. The summed E-state index contributed by atoms with van der Waals surface area (Å²) in [5, 5.41) is 0. The summed E-state index contributed by atoms with van der Waals surface area (Å²) >= 11 is 0. The quantitative estimate of drug-likeness (QED) is 0.820. The minimum absolute atomic E-state index is 0.277. The monoisotopic (exact) mass is 220 g/mol. The lowest BCUT2D eigenvalue weighted by Crippen LogP contribution is -2.27. The molecule has 4 nitrogen and oxygen atoms in total. The van der Waals surface area contributed by atoms with Gasteiger partial charge in [0.15, 0.2) is 5.60 Å². The topological polar surface area (TPSA) is 55.6 Å². The van der Waals surface area contributed by atoms with E-state index in [1.807, 2.05) is 31.2 Å². The fraction of sp³-hybridized carbons (Fsp3) is 0.417. The molecule has 86 valence electrons. The number of amides is 1. The molecule has 1 aromatic carbocycles. The number of rotatable bonds is 2. The third-order valence-electron chi connectivity index (χ3n) is 2.94. The second-order valence-electron chi connectivity index (χ2n) is 4.36. The molecule has 0 spiro atoms. The molecule has 1 amide bonds. The number of ether oxygens (including phenoxy) is 1. The highest BCUT2D eigenvalue weighted by molar-refractivity contribution is 5.70. The highest BCUT2D eigenvalue weighted by atomic mass is 16.6. The van der Waals surface area contributed by atoms with Gasteiger partial charge in [-0.05, 0) is 18.1 Å². The number of likely N-dealkylation sites (N-methyl/N-ethyl adjacent to an activating group) is 1. The minimum atomic E-state index is -0.559. The Kier molecular flexibility index (Phi) is 2.59. The van der Waals surface area contributed by atoms with Crippen molar-refractivity contribution in [2.24, 2.45) is 5.73 Å². The van der Waals surface area contributed by atoms with Crippen LogP contribution >= 0.6 is 0 Å². The van der Waals surface area contributed by atoms with Gasteiger partial charge in [-0.2, -0.15) is 0 Å². The van der Waals surface area contributed by atoms with Gasteiger partial charge in [-0.1, -0.05) is 24.3 Å². The molecule has 1 saturated heterocycles. The molecule has 0 aromatic heterocycles. The van der Waals surface area contributed by atoms with E-state index in [1.165, 1.54) is 0 Å². The van der Waals surface area contributed by atoms with Gasteiger partial charge in [0.1, 0.15) is 0 Å². The van der Waals surface area contributed by atoms with Gasteiger partial charge in [0.2, 0.25) is 0 Å². The molecular weight excluding hydrogens is 204 g/mol. The number of carbonyl (C=O) groups excluding carboxylic acids is 1. The summed E-state index contributed by atoms with van der Waals surface area (Å²) in [6.45, 7) is 2.98. The van der Waals surface area contributed by atoms with Crippen molar-refractivity contribution < 1.29 is 9.53 Å². The average Bonchev–Trinajstić information content (AvgIpc) is 2.54. The summed E-state index contributed by atoms with van der Waals surface area (Å²) in [5.74, 6) is 0. The van der Waals surface area contributed by atoms with Gasteiger partial charge in [-0.3, -0.25) is 0 Å². The SMILES string of the molecule is CN1CC(C)(c2cccc(CN)c2)OC1=O. The molecular formula is C12H16N2O2. The van der Waals surface area contributed by atoms with Crippen molar-refractivity contribution in [2.45, 2.75) is 19.1 Å². The van der Waals surface area contributed by atoms with Gasteiger partial charge in [0, 0.05) is 13.6 Å². The molecule has 2 N–H and O–H groups in total. The summed E-state index contributed by atoms with van der Waals surface area (Å²) < 4.78 is 5.39. The van der Waals surface area contributed by atoms with Crippen LogP contribution in [0.2, 0.25) is 0 Å². The van der Waals surface area contributed by atoms with E-state index < -0.39 is 5.60 Å². The molecule has 1 atom stereocenters. The average molecular weight is 220 g/mol. The first-order chi connectivity index (χ1) is 7.55. The molecule has 0 aliphatic carbocycles. The Balaban J connectivity index is 2.33. The van der Waals surface area contributed by atoms with Crippen molar-refractivity contribution in [2.75, 3.05) is 13.6 Å². The lowest BCUT2D eigenvalue weighted by atomic mass is 9.94. The summed E-state index contributed by atoms with van der Waals surface area (Å²) in [5.41, 5.74) is 7.08. The van der Waals surface area contributed by atoms with Crippen molar-refractivity contribution in [1.82, 2.24) is 4.90 Å². The normalized spacial score (nSPS) is 24.7. The molecule has 1 aliphatic rings. The van der Waals surface area contributed by atoms with Gasteiger partial charge in [-0.25, -0.2) is 4.79 Å². The van der Waals surface area contributed by atoms with Gasteiger partial charge in [0.05, 0.1) is 6.54 Å². The Labute approximate surface area is 95.0 Å². The number of cyclic esters (lactones) is 1. The summed E-state index contributed by atoms with van der Waals surface area (Å²) in [7, 11) is 1.74. The molecule has 0 saturated carbocycles. The van der Waals surface area contributed by atoms with Gasteiger partial charge in [-0.15, -0.1) is 0 Å². The Morgan fingerprint density at radius 1 is 1.56 bits per heavy atom. The van der Waals surface area contributed by atoms with Crippen LogP contribution in [0, 0.1) is 0 Å². The van der Waals surface area contributed by atoms with E-state index in [9.17, 15) is 4.79 Å². The van der Waals surface area contributed by atoms with E-state index in [0.717, 1.165) is 11.1 Å². The zero-order valence-corrected chi connectivity index (χ0v) is 9.56. The van der Waals surface area contributed by atoms with Crippen molar-refractivity contribution in [3.05, 3.63) is 35.4 Å². The third kappa shape index (κ3) is 1.76. The predicted octanol–water partition coefficient (Wildman–Crippen LogP) is 1.44. The highest BCUT2D eigenvalue weighted by Gasteiger charge is 2.40. The van der Waals surface area contributed by atoms with E-state index in [2.05, 4.69) is 0 Å². The zero-order chi connectivity index (χ0) is 11.8. The maximum absolute atomic E-state index is 11.4. The number of nitrogens with zero attached hydrogens (tertiary/aromatic N) is 1. The van der Waals surface area contributed by atoms with Crippen LogP contribution in [-0.2, 0) is 16.9 Å². The first-order valence-corrected chi connectivity index (χ1v) is 5.29. The van der Waals surface area contributed by atoms with E-state index in [4.69, 9.17) is 10.5 Å². The fourth-order valence-corrected chi connectivity index (χ4v) is 2.00. The Morgan fingerprint density at radius 2 is 2.31 bits per heavy atom. The van der Waals surface area contributed by atoms with Gasteiger partial charge >= 0.3 is 6.09 Å². The first kappa shape index (κ1) is 11.0. The van der Waals surface area contributed by atoms with Crippen molar-refractivity contribution in [3.8, 4) is 0 Å². The third-order valence-corrected chi connectivity index (χ3v) is 2.94. The van der Waals surface area contributed by atoms with Crippen LogP contribution in [0.25, 0.3) is 0 Å². The maximum atomic E-state index is 11.4. The molecule has 4 heteroatoms.